The lowest BCUT2D eigenvalue weighted by Gasteiger charge is -2.28. The molecule has 2 aromatic carbocycles. The molecule has 0 radical (unpaired) electrons. The first-order chi connectivity index (χ1) is 10.7. The van der Waals surface area contributed by atoms with Crippen molar-refractivity contribution in [2.45, 2.75) is 12.0 Å². The second-order valence-corrected chi connectivity index (χ2v) is 5.47. The van der Waals surface area contributed by atoms with Gasteiger partial charge in [-0.3, -0.25) is 0 Å². The van der Waals surface area contributed by atoms with Crippen molar-refractivity contribution in [1.29, 1.82) is 0 Å². The van der Waals surface area contributed by atoms with Crippen molar-refractivity contribution in [3.05, 3.63) is 71.8 Å². The second kappa shape index (κ2) is 9.37. The number of nitrogens with zero attached hydrogens (tertiary/aromatic N) is 1. The Balaban J connectivity index is 0.00000264. The van der Waals surface area contributed by atoms with Crippen LogP contribution >= 0.6 is 0 Å². The Morgan fingerprint density at radius 2 is 1.39 bits per heavy atom. The summed E-state index contributed by atoms with van der Waals surface area (Å²) in [6, 6.07) is 20.4. The summed E-state index contributed by atoms with van der Waals surface area (Å²) in [4.78, 5) is 2.13. The van der Waals surface area contributed by atoms with Gasteiger partial charge in [0, 0.05) is 31.2 Å². The van der Waals surface area contributed by atoms with Gasteiger partial charge in [0.05, 0.1) is 0 Å². The maximum absolute atomic E-state index is 5.93. The zero-order chi connectivity index (χ0) is 15.8. The van der Waals surface area contributed by atoms with Gasteiger partial charge in [0.1, 0.15) is 0 Å². The normalized spacial score (nSPS) is 10.6. The summed E-state index contributed by atoms with van der Waals surface area (Å²) in [5.74, 6) is 6.66. The summed E-state index contributed by atoms with van der Waals surface area (Å²) in [5, 5.41) is 0. The van der Waals surface area contributed by atoms with Crippen LogP contribution in [0.1, 0.15) is 17.5 Å². The molecule has 0 saturated carbocycles. The van der Waals surface area contributed by atoms with E-state index >= 15 is 0 Å². The molecule has 0 aliphatic carbocycles. The van der Waals surface area contributed by atoms with Crippen molar-refractivity contribution in [1.82, 2.24) is 4.90 Å². The lowest BCUT2D eigenvalue weighted by atomic mass is 9.86. The molecule has 0 bridgehead atoms. The van der Waals surface area contributed by atoms with Gasteiger partial charge in [0.15, 0.2) is 5.60 Å². The molecule has 0 atom stereocenters. The van der Waals surface area contributed by atoms with Crippen LogP contribution in [0, 0.1) is 11.8 Å². The summed E-state index contributed by atoms with van der Waals surface area (Å²) in [5.41, 5.74) is 1.40. The van der Waals surface area contributed by atoms with E-state index < -0.39 is 5.60 Å². The lowest BCUT2D eigenvalue weighted by molar-refractivity contribution is -0.00000579. The molecular weight excluding hydrogens is 306 g/mol. The molecule has 0 aliphatic heterocycles. The molecule has 0 aliphatic rings. The molecule has 2 rings (SSSR count). The molecule has 0 fully saturated rings. The van der Waals surface area contributed by atoms with E-state index in [2.05, 4.69) is 55.1 Å². The van der Waals surface area contributed by atoms with Crippen LogP contribution in [0.2, 0.25) is 0 Å². The zero-order valence-corrected chi connectivity index (χ0v) is 14.7. The third-order valence-electron chi connectivity index (χ3n) is 3.62. The molecule has 0 amide bonds. The molecule has 0 spiro atoms. The summed E-state index contributed by atoms with van der Waals surface area (Å²) in [7, 11) is 5.83. The quantitative estimate of drug-likeness (QED) is 0.743. The van der Waals surface area contributed by atoms with Crippen LogP contribution in [0.25, 0.3) is 0 Å². The first kappa shape index (κ1) is 19.3. The Hall–Kier alpha value is -1.79. The minimum absolute atomic E-state index is 0. The molecule has 0 unspecified atom stereocenters. The van der Waals surface area contributed by atoms with Crippen molar-refractivity contribution < 1.29 is 17.1 Å². The maximum Gasteiger partial charge on any atom is 0.179 e. The molecule has 2 aromatic rings. The minimum Gasteiger partial charge on any atom is -1.00 e. The molecule has 122 valence electrons. The Morgan fingerprint density at radius 1 is 0.913 bits per heavy atom. The number of methoxy groups -OCH3 is 1. The summed E-state index contributed by atoms with van der Waals surface area (Å²) in [6.45, 7) is 0.941. The fraction of sp³-hybridized carbons (Fsp3) is 0.300. The van der Waals surface area contributed by atoms with Gasteiger partial charge in [-0.15, -0.1) is 0 Å². The van der Waals surface area contributed by atoms with E-state index in [-0.39, 0.29) is 12.4 Å². The van der Waals surface area contributed by atoms with Crippen LogP contribution < -0.4 is 12.4 Å². The highest BCUT2D eigenvalue weighted by Gasteiger charge is 2.32. The Labute approximate surface area is 145 Å². The van der Waals surface area contributed by atoms with Gasteiger partial charge >= 0.3 is 0 Å². The predicted molar refractivity (Wildman–Crippen MR) is 91.6 cm³/mol. The van der Waals surface area contributed by atoms with Crippen molar-refractivity contribution in [2.75, 3.05) is 27.7 Å². The van der Waals surface area contributed by atoms with Crippen LogP contribution in [0.5, 0.6) is 0 Å². The molecule has 3 heteroatoms. The number of hydrogen-bond acceptors (Lipinski definition) is 2. The van der Waals surface area contributed by atoms with Gasteiger partial charge in [-0.25, -0.2) is 0 Å². The van der Waals surface area contributed by atoms with E-state index in [4.69, 9.17) is 4.74 Å². The van der Waals surface area contributed by atoms with Crippen molar-refractivity contribution in [2.24, 2.45) is 0 Å². The van der Waals surface area contributed by atoms with E-state index in [0.29, 0.717) is 0 Å². The van der Waals surface area contributed by atoms with E-state index in [1.54, 1.807) is 7.11 Å². The fourth-order valence-corrected chi connectivity index (χ4v) is 2.41. The number of hydrogen-bond donors (Lipinski definition) is 0. The molecular formula is C20H23ClNO-. The molecule has 23 heavy (non-hydrogen) atoms. The van der Waals surface area contributed by atoms with Gasteiger partial charge in [-0.2, -0.15) is 0 Å². The largest absolute Gasteiger partial charge is 1.00 e. The van der Waals surface area contributed by atoms with Crippen molar-refractivity contribution in [3.63, 3.8) is 0 Å². The average molecular weight is 329 g/mol. The smallest absolute Gasteiger partial charge is 0.179 e. The average Bonchev–Trinajstić information content (AvgIpc) is 2.57. The Kier molecular flexibility index (Phi) is 7.85. The highest BCUT2D eigenvalue weighted by Crippen LogP contribution is 2.32. The number of rotatable bonds is 5. The predicted octanol–water partition coefficient (Wildman–Crippen LogP) is 0.536. The molecule has 0 saturated heterocycles. The van der Waals surface area contributed by atoms with Crippen LogP contribution in [-0.4, -0.2) is 32.6 Å². The standard InChI is InChI=1S/C20H23NO.ClH/c1-21(2)17-11-10-16-20(22-3,18-12-6-4-7-13-18)19-14-8-5-9-15-19;/h4-9,12-15H,11,17H2,1-3H3;1H/p-1. The lowest BCUT2D eigenvalue weighted by Crippen LogP contribution is -3.00. The maximum atomic E-state index is 5.93. The monoisotopic (exact) mass is 328 g/mol. The van der Waals surface area contributed by atoms with Gasteiger partial charge in [-0.1, -0.05) is 72.5 Å². The summed E-state index contributed by atoms with van der Waals surface area (Å²) >= 11 is 0. The summed E-state index contributed by atoms with van der Waals surface area (Å²) in [6.07, 6.45) is 0.817. The first-order valence-electron chi connectivity index (χ1n) is 7.50. The molecule has 0 heterocycles. The second-order valence-electron chi connectivity index (χ2n) is 5.47. The summed E-state index contributed by atoms with van der Waals surface area (Å²) < 4.78 is 5.93. The number of halogens is 1. The van der Waals surface area contributed by atoms with Crippen LogP contribution in [-0.2, 0) is 10.3 Å². The Bertz CT molecular complexity index is 589. The van der Waals surface area contributed by atoms with Crippen LogP contribution in [0.4, 0.5) is 0 Å². The van der Waals surface area contributed by atoms with Crippen molar-refractivity contribution in [3.8, 4) is 11.8 Å². The minimum atomic E-state index is -0.713. The van der Waals surface area contributed by atoms with Crippen molar-refractivity contribution >= 4 is 0 Å². The third-order valence-corrected chi connectivity index (χ3v) is 3.62. The zero-order valence-electron chi connectivity index (χ0n) is 13.9. The van der Waals surface area contributed by atoms with Crippen LogP contribution in [0.3, 0.4) is 0 Å². The van der Waals surface area contributed by atoms with Crippen LogP contribution in [0.15, 0.2) is 60.7 Å². The van der Waals surface area contributed by atoms with Gasteiger partial charge in [0.25, 0.3) is 0 Å². The molecule has 2 nitrogen and oxygen atoms in total. The number of ether oxygens (including phenoxy) is 1. The van der Waals surface area contributed by atoms with Gasteiger partial charge in [-0.05, 0) is 14.1 Å². The third kappa shape index (κ3) is 4.84. The van der Waals surface area contributed by atoms with Gasteiger partial charge in [0.2, 0.25) is 0 Å². The Morgan fingerprint density at radius 3 is 1.78 bits per heavy atom. The fourth-order valence-electron chi connectivity index (χ4n) is 2.41. The number of benzene rings is 2. The topological polar surface area (TPSA) is 12.5 Å². The SMILES string of the molecule is COC(C#CCCN(C)C)(c1ccccc1)c1ccccc1.[Cl-]. The highest BCUT2D eigenvalue weighted by molar-refractivity contribution is 5.44. The van der Waals surface area contributed by atoms with E-state index in [0.717, 1.165) is 24.1 Å². The van der Waals surface area contributed by atoms with Gasteiger partial charge < -0.3 is 22.0 Å². The van der Waals surface area contributed by atoms with E-state index in [1.807, 2.05) is 36.4 Å². The first-order valence-corrected chi connectivity index (χ1v) is 7.50. The molecule has 0 aromatic heterocycles. The van der Waals surface area contributed by atoms with E-state index in [1.165, 1.54) is 0 Å². The van der Waals surface area contributed by atoms with E-state index in [9.17, 15) is 0 Å². The highest BCUT2D eigenvalue weighted by atomic mass is 35.5. The molecule has 0 N–H and O–H groups in total.